The van der Waals surface area contributed by atoms with E-state index in [0.717, 1.165) is 11.3 Å². The molecule has 0 bridgehead atoms. The summed E-state index contributed by atoms with van der Waals surface area (Å²) < 4.78 is 0. The van der Waals surface area contributed by atoms with Crippen molar-refractivity contribution in [3.05, 3.63) is 47.2 Å². The zero-order valence-electron chi connectivity index (χ0n) is 14.0. The SMILES string of the molecule is CC1=CC(C)(C)Nc2ccc(Cc3cnc(N)nc3N)cc21.Cl.Cl. The van der Waals surface area contributed by atoms with Crippen molar-refractivity contribution < 1.29 is 0 Å². The average molecular weight is 368 g/mol. The number of nitrogen functional groups attached to an aromatic ring is 2. The first-order valence-corrected chi connectivity index (χ1v) is 7.32. The Balaban J connectivity index is 0.00000144. The number of nitrogens with zero attached hydrogens (tertiary/aromatic N) is 2. The quantitative estimate of drug-likeness (QED) is 0.752. The van der Waals surface area contributed by atoms with Crippen LogP contribution in [0.3, 0.4) is 0 Å². The van der Waals surface area contributed by atoms with Crippen molar-refractivity contribution in [1.82, 2.24) is 9.97 Å². The molecule has 5 N–H and O–H groups in total. The normalized spacial score (nSPS) is 14.4. The first-order chi connectivity index (χ1) is 10.3. The molecule has 7 heteroatoms. The summed E-state index contributed by atoms with van der Waals surface area (Å²) in [7, 11) is 0. The number of nitrogens with two attached hydrogens (primary N) is 2. The Morgan fingerprint density at radius 1 is 1.17 bits per heavy atom. The van der Waals surface area contributed by atoms with Gasteiger partial charge in [-0.25, -0.2) is 4.98 Å². The van der Waals surface area contributed by atoms with Gasteiger partial charge in [0, 0.05) is 29.4 Å². The fourth-order valence-electron chi connectivity index (χ4n) is 2.93. The van der Waals surface area contributed by atoms with Crippen LogP contribution in [0.15, 0.2) is 30.5 Å². The second kappa shape index (κ2) is 7.28. The van der Waals surface area contributed by atoms with E-state index in [9.17, 15) is 0 Å². The zero-order chi connectivity index (χ0) is 15.9. The minimum absolute atomic E-state index is 0. The highest BCUT2D eigenvalue weighted by atomic mass is 35.5. The van der Waals surface area contributed by atoms with E-state index in [4.69, 9.17) is 11.5 Å². The summed E-state index contributed by atoms with van der Waals surface area (Å²) in [6, 6.07) is 6.42. The Kier molecular flexibility index (Phi) is 6.09. The lowest BCUT2D eigenvalue weighted by molar-refractivity contribution is 0.707. The molecule has 2 aromatic rings. The summed E-state index contributed by atoms with van der Waals surface area (Å²) in [5.41, 5.74) is 17.2. The van der Waals surface area contributed by atoms with E-state index in [1.165, 1.54) is 16.7 Å². The number of allylic oxidation sites excluding steroid dienone is 1. The Morgan fingerprint density at radius 2 is 1.88 bits per heavy atom. The van der Waals surface area contributed by atoms with Gasteiger partial charge in [0.15, 0.2) is 0 Å². The maximum atomic E-state index is 5.92. The fraction of sp³-hybridized carbons (Fsp3) is 0.294. The van der Waals surface area contributed by atoms with E-state index in [-0.39, 0.29) is 36.3 Å². The van der Waals surface area contributed by atoms with Gasteiger partial charge in [-0.2, -0.15) is 4.98 Å². The topological polar surface area (TPSA) is 89.8 Å². The lowest BCUT2D eigenvalue weighted by atomic mass is 9.89. The van der Waals surface area contributed by atoms with E-state index in [0.29, 0.717) is 12.2 Å². The summed E-state index contributed by atoms with van der Waals surface area (Å²) in [6.45, 7) is 6.48. The van der Waals surface area contributed by atoms with Crippen molar-refractivity contribution in [1.29, 1.82) is 0 Å². The van der Waals surface area contributed by atoms with Gasteiger partial charge in [0.1, 0.15) is 5.82 Å². The van der Waals surface area contributed by atoms with Crippen LogP contribution in [0, 0.1) is 0 Å². The fourth-order valence-corrected chi connectivity index (χ4v) is 2.93. The minimum atomic E-state index is -0.0200. The second-order valence-electron chi connectivity index (χ2n) is 6.37. The Labute approximate surface area is 154 Å². The smallest absolute Gasteiger partial charge is 0.221 e. The number of aromatic nitrogens is 2. The average Bonchev–Trinajstić information content (AvgIpc) is 2.41. The number of nitrogens with one attached hydrogen (secondary N) is 1. The molecule has 24 heavy (non-hydrogen) atoms. The first kappa shape index (κ1) is 20.1. The van der Waals surface area contributed by atoms with E-state index >= 15 is 0 Å². The van der Waals surface area contributed by atoms with Crippen LogP contribution in [0.1, 0.15) is 37.5 Å². The van der Waals surface area contributed by atoms with Gasteiger partial charge in [0.2, 0.25) is 5.95 Å². The van der Waals surface area contributed by atoms with Gasteiger partial charge in [-0.3, -0.25) is 0 Å². The number of hydrogen-bond donors (Lipinski definition) is 3. The van der Waals surface area contributed by atoms with E-state index < -0.39 is 0 Å². The summed E-state index contributed by atoms with van der Waals surface area (Å²) in [5, 5.41) is 3.53. The summed E-state index contributed by atoms with van der Waals surface area (Å²) in [6.07, 6.45) is 4.64. The molecule has 1 aliphatic rings. The summed E-state index contributed by atoms with van der Waals surface area (Å²) in [4.78, 5) is 8.03. The van der Waals surface area contributed by atoms with Gasteiger partial charge in [-0.15, -0.1) is 24.8 Å². The van der Waals surface area contributed by atoms with Gasteiger partial charge in [0.05, 0.1) is 5.54 Å². The predicted molar refractivity (Wildman–Crippen MR) is 106 cm³/mol. The molecule has 130 valence electrons. The van der Waals surface area contributed by atoms with E-state index in [1.807, 2.05) is 0 Å². The van der Waals surface area contributed by atoms with Gasteiger partial charge >= 0.3 is 0 Å². The highest BCUT2D eigenvalue weighted by Crippen LogP contribution is 2.34. The molecule has 0 saturated carbocycles. The monoisotopic (exact) mass is 367 g/mol. The molecular weight excluding hydrogens is 345 g/mol. The molecule has 3 rings (SSSR count). The van der Waals surface area contributed by atoms with Crippen molar-refractivity contribution in [3.63, 3.8) is 0 Å². The van der Waals surface area contributed by atoms with Crippen molar-refractivity contribution in [2.24, 2.45) is 0 Å². The van der Waals surface area contributed by atoms with Crippen molar-refractivity contribution >= 4 is 47.8 Å². The van der Waals surface area contributed by atoms with Crippen LogP contribution in [-0.2, 0) is 6.42 Å². The van der Waals surface area contributed by atoms with Crippen molar-refractivity contribution in [2.45, 2.75) is 32.7 Å². The van der Waals surface area contributed by atoms with Gasteiger partial charge in [0.25, 0.3) is 0 Å². The Hall–Kier alpha value is -1.98. The van der Waals surface area contributed by atoms with Crippen molar-refractivity contribution in [3.8, 4) is 0 Å². The van der Waals surface area contributed by atoms with Crippen molar-refractivity contribution in [2.75, 3.05) is 16.8 Å². The standard InChI is InChI=1S/C17H21N5.2ClH/c1-10-8-17(2,3)22-14-5-4-11(7-13(10)14)6-12-9-20-16(19)21-15(12)18;;/h4-5,7-9,22H,6H2,1-3H3,(H4,18,19,20,21);2*1H. The molecule has 0 saturated heterocycles. The molecule has 0 aliphatic carbocycles. The predicted octanol–water partition coefficient (Wildman–Crippen LogP) is 3.68. The Bertz CT molecular complexity index is 772. The zero-order valence-corrected chi connectivity index (χ0v) is 15.6. The number of hydrogen-bond acceptors (Lipinski definition) is 5. The molecule has 0 atom stereocenters. The summed E-state index contributed by atoms with van der Waals surface area (Å²) >= 11 is 0. The van der Waals surface area contributed by atoms with Crippen LogP contribution in [0.5, 0.6) is 0 Å². The second-order valence-corrected chi connectivity index (χ2v) is 6.37. The van der Waals surface area contributed by atoms with Gasteiger partial charge in [-0.1, -0.05) is 12.1 Å². The molecule has 2 heterocycles. The molecule has 1 aromatic heterocycles. The van der Waals surface area contributed by atoms with E-state index in [1.54, 1.807) is 6.20 Å². The number of rotatable bonds is 2. The molecular formula is C17H23Cl2N5. The van der Waals surface area contributed by atoms with Crippen LogP contribution < -0.4 is 16.8 Å². The van der Waals surface area contributed by atoms with E-state index in [2.05, 4.69) is 60.3 Å². The van der Waals surface area contributed by atoms with Gasteiger partial charge in [-0.05, 0) is 44.0 Å². The highest BCUT2D eigenvalue weighted by molar-refractivity contribution is 5.85. The number of anilines is 3. The highest BCUT2D eigenvalue weighted by Gasteiger charge is 2.22. The van der Waals surface area contributed by atoms with Crippen LogP contribution in [-0.4, -0.2) is 15.5 Å². The Morgan fingerprint density at radius 3 is 2.54 bits per heavy atom. The molecule has 0 amide bonds. The molecule has 0 unspecified atom stereocenters. The molecule has 1 aromatic carbocycles. The minimum Gasteiger partial charge on any atom is -0.383 e. The lowest BCUT2D eigenvalue weighted by Gasteiger charge is -2.31. The number of benzene rings is 1. The maximum absolute atomic E-state index is 5.92. The number of halogens is 2. The van der Waals surface area contributed by atoms with Crippen LogP contribution >= 0.6 is 24.8 Å². The lowest BCUT2D eigenvalue weighted by Crippen LogP contribution is -2.31. The largest absolute Gasteiger partial charge is 0.383 e. The molecule has 0 spiro atoms. The van der Waals surface area contributed by atoms with Crippen LogP contribution in [0.4, 0.5) is 17.5 Å². The van der Waals surface area contributed by atoms with Gasteiger partial charge < -0.3 is 16.8 Å². The third-order valence-corrected chi connectivity index (χ3v) is 3.85. The summed E-state index contributed by atoms with van der Waals surface area (Å²) in [5.74, 6) is 0.647. The van der Waals surface area contributed by atoms with Crippen LogP contribution in [0.25, 0.3) is 5.57 Å². The third kappa shape index (κ3) is 4.10. The molecule has 0 radical (unpaired) electrons. The third-order valence-electron chi connectivity index (χ3n) is 3.85. The molecule has 1 aliphatic heterocycles. The molecule has 0 fully saturated rings. The first-order valence-electron chi connectivity index (χ1n) is 7.32. The number of fused-ring (bicyclic) bond motifs is 1. The maximum Gasteiger partial charge on any atom is 0.221 e. The molecule has 5 nitrogen and oxygen atoms in total. The van der Waals surface area contributed by atoms with Crippen LogP contribution in [0.2, 0.25) is 0 Å².